The molecule has 6 heteroatoms. The summed E-state index contributed by atoms with van der Waals surface area (Å²) in [5.41, 5.74) is 2.87. The third kappa shape index (κ3) is 4.19. The van der Waals surface area contributed by atoms with Gasteiger partial charge in [-0.15, -0.1) is 0 Å². The number of nitrogens with one attached hydrogen (secondary N) is 1. The van der Waals surface area contributed by atoms with Gasteiger partial charge in [0.2, 0.25) is 0 Å². The monoisotopic (exact) mass is 350 g/mol. The van der Waals surface area contributed by atoms with Crippen molar-refractivity contribution in [1.29, 1.82) is 0 Å². The molecule has 1 aromatic heterocycles. The van der Waals surface area contributed by atoms with Crippen LogP contribution in [0, 0.1) is 6.92 Å². The van der Waals surface area contributed by atoms with Crippen molar-refractivity contribution in [2.24, 2.45) is 5.10 Å². The molecule has 0 spiro atoms. The zero-order valence-corrected chi connectivity index (χ0v) is 13.3. The lowest BCUT2D eigenvalue weighted by Gasteiger charge is -2.09. The van der Waals surface area contributed by atoms with E-state index in [2.05, 4.69) is 26.5 Å². The Balaban J connectivity index is 2.09. The molecular formula is C15H15BrN2O3. The Labute approximate surface area is 131 Å². The molecule has 0 unspecified atom stereocenters. The summed E-state index contributed by atoms with van der Waals surface area (Å²) >= 11 is 3.33. The second-order valence-corrected chi connectivity index (χ2v) is 5.14. The Morgan fingerprint density at radius 2 is 2.24 bits per heavy atom. The number of benzene rings is 1. The number of halogens is 1. The Hall–Kier alpha value is -2.08. The quantitative estimate of drug-likeness (QED) is 0.662. The number of nitrogens with zero attached hydrogens (tertiary/aromatic N) is 1. The van der Waals surface area contributed by atoms with Crippen LogP contribution in [0.2, 0.25) is 0 Å². The smallest absolute Gasteiger partial charge is 0.275 e. The van der Waals surface area contributed by atoms with Gasteiger partial charge in [0, 0.05) is 4.47 Å². The summed E-state index contributed by atoms with van der Waals surface area (Å²) in [6.07, 6.45) is 1.45. The fourth-order valence-electron chi connectivity index (χ4n) is 1.70. The SMILES string of the molecule is CCOc1ccc(Br)cc1C(=O)N/N=C/c1ccc(C)o1. The van der Waals surface area contributed by atoms with Gasteiger partial charge in [-0.1, -0.05) is 15.9 Å². The molecule has 0 aliphatic rings. The van der Waals surface area contributed by atoms with Crippen molar-refractivity contribution in [2.45, 2.75) is 13.8 Å². The van der Waals surface area contributed by atoms with Gasteiger partial charge in [-0.25, -0.2) is 5.43 Å². The maximum Gasteiger partial charge on any atom is 0.275 e. The molecule has 0 bridgehead atoms. The van der Waals surface area contributed by atoms with Crippen LogP contribution in [-0.4, -0.2) is 18.7 Å². The minimum atomic E-state index is -0.348. The van der Waals surface area contributed by atoms with Crippen molar-refractivity contribution in [3.8, 4) is 5.75 Å². The highest BCUT2D eigenvalue weighted by molar-refractivity contribution is 9.10. The molecule has 0 saturated heterocycles. The second kappa shape index (κ2) is 7.08. The number of hydrogen-bond donors (Lipinski definition) is 1. The second-order valence-electron chi connectivity index (χ2n) is 4.22. The predicted molar refractivity (Wildman–Crippen MR) is 83.8 cm³/mol. The van der Waals surface area contributed by atoms with Crippen molar-refractivity contribution in [3.63, 3.8) is 0 Å². The molecule has 0 aliphatic carbocycles. The molecule has 0 aliphatic heterocycles. The number of aryl methyl sites for hydroxylation is 1. The van der Waals surface area contributed by atoms with Gasteiger partial charge in [-0.2, -0.15) is 5.10 Å². The third-order valence-electron chi connectivity index (χ3n) is 2.61. The molecule has 1 heterocycles. The minimum absolute atomic E-state index is 0.348. The first kappa shape index (κ1) is 15.3. The zero-order chi connectivity index (χ0) is 15.2. The van der Waals surface area contributed by atoms with E-state index in [-0.39, 0.29) is 5.91 Å². The summed E-state index contributed by atoms with van der Waals surface area (Å²) in [5.74, 6) is 1.53. The normalized spacial score (nSPS) is 10.8. The minimum Gasteiger partial charge on any atom is -0.493 e. The van der Waals surface area contributed by atoms with Crippen LogP contribution in [0.3, 0.4) is 0 Å². The van der Waals surface area contributed by atoms with Crippen LogP contribution in [0.1, 0.15) is 28.8 Å². The number of amides is 1. The van der Waals surface area contributed by atoms with E-state index >= 15 is 0 Å². The molecule has 2 aromatic rings. The number of furan rings is 1. The van der Waals surface area contributed by atoms with Crippen LogP contribution < -0.4 is 10.2 Å². The third-order valence-corrected chi connectivity index (χ3v) is 3.10. The Kier molecular flexibility index (Phi) is 5.16. The molecule has 0 radical (unpaired) electrons. The molecule has 5 nitrogen and oxygen atoms in total. The highest BCUT2D eigenvalue weighted by Crippen LogP contribution is 2.23. The van der Waals surface area contributed by atoms with Gasteiger partial charge in [-0.3, -0.25) is 4.79 Å². The highest BCUT2D eigenvalue weighted by Gasteiger charge is 2.12. The van der Waals surface area contributed by atoms with Gasteiger partial charge in [0.15, 0.2) is 0 Å². The van der Waals surface area contributed by atoms with E-state index in [0.717, 1.165) is 10.2 Å². The Bertz CT molecular complexity index is 665. The molecule has 0 fully saturated rings. The molecule has 2 rings (SSSR count). The molecule has 1 aromatic carbocycles. The van der Waals surface area contributed by atoms with Crippen molar-refractivity contribution < 1.29 is 13.9 Å². The first-order valence-electron chi connectivity index (χ1n) is 6.42. The number of carbonyl (C=O) groups is 1. The molecule has 110 valence electrons. The average molecular weight is 351 g/mol. The first-order valence-corrected chi connectivity index (χ1v) is 7.21. The van der Waals surface area contributed by atoms with Crippen LogP contribution in [-0.2, 0) is 0 Å². The van der Waals surface area contributed by atoms with Gasteiger partial charge >= 0.3 is 0 Å². The first-order chi connectivity index (χ1) is 10.1. The summed E-state index contributed by atoms with van der Waals surface area (Å²) in [5, 5.41) is 3.87. The summed E-state index contributed by atoms with van der Waals surface area (Å²) in [7, 11) is 0. The van der Waals surface area contributed by atoms with Crippen molar-refractivity contribution in [3.05, 3.63) is 51.9 Å². The van der Waals surface area contributed by atoms with E-state index in [9.17, 15) is 4.79 Å². The Morgan fingerprint density at radius 1 is 1.43 bits per heavy atom. The van der Waals surface area contributed by atoms with E-state index in [1.807, 2.05) is 26.0 Å². The lowest BCUT2D eigenvalue weighted by Crippen LogP contribution is -2.18. The highest BCUT2D eigenvalue weighted by atomic mass is 79.9. The topological polar surface area (TPSA) is 63.8 Å². The summed E-state index contributed by atoms with van der Waals surface area (Å²) in [6, 6.07) is 8.84. The fraction of sp³-hybridized carbons (Fsp3) is 0.200. The van der Waals surface area contributed by atoms with E-state index in [0.29, 0.717) is 23.7 Å². The van der Waals surface area contributed by atoms with Crippen LogP contribution in [0.4, 0.5) is 0 Å². The molecule has 21 heavy (non-hydrogen) atoms. The zero-order valence-electron chi connectivity index (χ0n) is 11.7. The van der Waals surface area contributed by atoms with Gasteiger partial charge < -0.3 is 9.15 Å². The standard InChI is InChI=1S/C15H15BrN2O3/c1-3-20-14-7-5-11(16)8-13(14)15(19)18-17-9-12-6-4-10(2)21-12/h4-9H,3H2,1-2H3,(H,18,19)/b17-9+. The molecular weight excluding hydrogens is 336 g/mol. The van der Waals surface area contributed by atoms with E-state index in [4.69, 9.17) is 9.15 Å². The lowest BCUT2D eigenvalue weighted by atomic mass is 10.2. The number of hydrazone groups is 1. The number of carbonyl (C=O) groups excluding carboxylic acids is 1. The van der Waals surface area contributed by atoms with Crippen LogP contribution in [0.15, 0.2) is 44.3 Å². The number of ether oxygens (including phenoxy) is 1. The molecule has 0 atom stereocenters. The van der Waals surface area contributed by atoms with Gasteiger partial charge in [0.05, 0.1) is 18.4 Å². The molecule has 1 amide bonds. The fourth-order valence-corrected chi connectivity index (χ4v) is 2.06. The van der Waals surface area contributed by atoms with E-state index < -0.39 is 0 Å². The molecule has 0 saturated carbocycles. The van der Waals surface area contributed by atoms with Crippen molar-refractivity contribution in [1.82, 2.24) is 5.43 Å². The number of rotatable bonds is 5. The predicted octanol–water partition coefficient (Wildman–Crippen LogP) is 3.51. The number of hydrogen-bond acceptors (Lipinski definition) is 4. The van der Waals surface area contributed by atoms with Crippen LogP contribution >= 0.6 is 15.9 Å². The maximum atomic E-state index is 12.1. The van der Waals surface area contributed by atoms with E-state index in [1.165, 1.54) is 6.21 Å². The summed E-state index contributed by atoms with van der Waals surface area (Å²) in [4.78, 5) is 12.1. The van der Waals surface area contributed by atoms with Gasteiger partial charge in [0.1, 0.15) is 17.3 Å². The van der Waals surface area contributed by atoms with Gasteiger partial charge in [0.25, 0.3) is 5.91 Å². The van der Waals surface area contributed by atoms with E-state index in [1.54, 1.807) is 18.2 Å². The summed E-state index contributed by atoms with van der Waals surface area (Å²) < 4.78 is 11.5. The van der Waals surface area contributed by atoms with Crippen LogP contribution in [0.5, 0.6) is 5.75 Å². The summed E-state index contributed by atoms with van der Waals surface area (Å²) in [6.45, 7) is 4.18. The average Bonchev–Trinajstić information content (AvgIpc) is 2.86. The largest absolute Gasteiger partial charge is 0.493 e. The van der Waals surface area contributed by atoms with Crippen molar-refractivity contribution >= 4 is 28.1 Å². The molecule has 1 N–H and O–H groups in total. The lowest BCUT2D eigenvalue weighted by molar-refractivity contribution is 0.0951. The Morgan fingerprint density at radius 3 is 2.90 bits per heavy atom. The van der Waals surface area contributed by atoms with Crippen LogP contribution in [0.25, 0.3) is 0 Å². The van der Waals surface area contributed by atoms with Crippen molar-refractivity contribution in [2.75, 3.05) is 6.61 Å². The van der Waals surface area contributed by atoms with Gasteiger partial charge in [-0.05, 0) is 44.2 Å². The maximum absolute atomic E-state index is 12.1.